The fourth-order valence-electron chi connectivity index (χ4n) is 3.77. The van der Waals surface area contributed by atoms with Crippen molar-refractivity contribution in [1.29, 1.82) is 0 Å². The van der Waals surface area contributed by atoms with E-state index in [1.807, 2.05) is 0 Å². The molecule has 2 aliphatic rings. The van der Waals surface area contributed by atoms with E-state index in [0.29, 0.717) is 12.0 Å². The molecule has 3 rings (SSSR count). The average molecular weight is 422 g/mol. The predicted octanol–water partition coefficient (Wildman–Crippen LogP) is 3.57. The molecule has 0 unspecified atom stereocenters. The van der Waals surface area contributed by atoms with E-state index < -0.39 is 27.1 Å². The largest absolute Gasteiger partial charge is 0.534 e. The molecular formula is C17H21F3N2O5S. The molecule has 3 heterocycles. The molecule has 0 radical (unpaired) electrons. The standard InChI is InChI=1S/C17H21F3N2O5S/c1-16(2,3)26-15(23)22-11-5-6-13(22)12(8-11)10-4-7-14(21-9-10)27-28(24,25)17(18,19)20/h4,7,9,11-13H,5-6,8H2,1-3H3/t11-,12+,13+/m0/s1. The lowest BCUT2D eigenvalue weighted by atomic mass is 9.85. The summed E-state index contributed by atoms with van der Waals surface area (Å²) in [5.74, 6) is -0.708. The number of amides is 1. The van der Waals surface area contributed by atoms with Crippen molar-refractivity contribution >= 4 is 16.2 Å². The van der Waals surface area contributed by atoms with Crippen LogP contribution in [-0.4, -0.2) is 47.6 Å². The normalized spacial score (nSPS) is 25.1. The van der Waals surface area contributed by atoms with Gasteiger partial charge >= 0.3 is 21.7 Å². The molecular weight excluding hydrogens is 401 g/mol. The minimum absolute atomic E-state index is 0.0337. The van der Waals surface area contributed by atoms with Gasteiger partial charge in [-0.25, -0.2) is 9.78 Å². The van der Waals surface area contributed by atoms with Crippen LogP contribution in [0.4, 0.5) is 18.0 Å². The van der Waals surface area contributed by atoms with Crippen molar-refractivity contribution in [3.8, 4) is 5.88 Å². The lowest BCUT2D eigenvalue weighted by Crippen LogP contribution is -2.40. The number of fused-ring (bicyclic) bond motifs is 2. The molecule has 28 heavy (non-hydrogen) atoms. The van der Waals surface area contributed by atoms with Gasteiger partial charge in [-0.3, -0.25) is 0 Å². The molecule has 0 aromatic carbocycles. The highest BCUT2D eigenvalue weighted by molar-refractivity contribution is 7.87. The molecule has 0 aliphatic carbocycles. The molecule has 0 N–H and O–H groups in total. The molecule has 7 nitrogen and oxygen atoms in total. The number of hydrogen-bond acceptors (Lipinski definition) is 6. The number of ether oxygens (including phenoxy) is 1. The molecule has 1 aromatic rings. The van der Waals surface area contributed by atoms with Crippen molar-refractivity contribution in [3.63, 3.8) is 0 Å². The first-order valence-corrected chi connectivity index (χ1v) is 10.2. The first kappa shape index (κ1) is 20.7. The number of carbonyl (C=O) groups excluding carboxylic acids is 1. The van der Waals surface area contributed by atoms with Gasteiger partial charge in [0.2, 0.25) is 5.88 Å². The summed E-state index contributed by atoms with van der Waals surface area (Å²) in [4.78, 5) is 17.9. The van der Waals surface area contributed by atoms with E-state index in [9.17, 15) is 26.4 Å². The van der Waals surface area contributed by atoms with Gasteiger partial charge in [-0.05, 0) is 45.6 Å². The molecule has 0 spiro atoms. The van der Waals surface area contributed by atoms with E-state index in [4.69, 9.17) is 4.74 Å². The second-order valence-corrected chi connectivity index (χ2v) is 9.48. The minimum Gasteiger partial charge on any atom is -0.444 e. The van der Waals surface area contributed by atoms with Gasteiger partial charge in [0, 0.05) is 30.3 Å². The van der Waals surface area contributed by atoms with Crippen LogP contribution >= 0.6 is 0 Å². The van der Waals surface area contributed by atoms with Gasteiger partial charge in [0.1, 0.15) is 5.60 Å². The van der Waals surface area contributed by atoms with Crippen LogP contribution < -0.4 is 4.18 Å². The third-order valence-corrected chi connectivity index (χ3v) is 5.76. The summed E-state index contributed by atoms with van der Waals surface area (Å²) in [7, 11) is -5.76. The first-order valence-electron chi connectivity index (χ1n) is 8.76. The van der Waals surface area contributed by atoms with Crippen LogP contribution in [0.2, 0.25) is 0 Å². The maximum Gasteiger partial charge on any atom is 0.534 e. The molecule has 2 aliphatic heterocycles. The Kier molecular flexibility index (Phi) is 5.01. The number of halogens is 3. The second kappa shape index (κ2) is 6.78. The zero-order valence-corrected chi connectivity index (χ0v) is 16.4. The van der Waals surface area contributed by atoms with Crippen LogP contribution in [0.25, 0.3) is 0 Å². The zero-order chi connectivity index (χ0) is 20.9. The van der Waals surface area contributed by atoms with Crippen molar-refractivity contribution in [1.82, 2.24) is 9.88 Å². The molecule has 2 saturated heterocycles. The van der Waals surface area contributed by atoms with Crippen LogP contribution in [-0.2, 0) is 14.9 Å². The third-order valence-electron chi connectivity index (χ3n) is 4.81. The number of nitrogens with zero attached hydrogens (tertiary/aromatic N) is 2. The van der Waals surface area contributed by atoms with Crippen molar-refractivity contribution in [2.75, 3.05) is 0 Å². The SMILES string of the molecule is CC(C)(C)OC(=O)N1[C@H]2CC[C@@H]1[C@@H](c1ccc(OS(=O)(=O)C(F)(F)F)nc1)C2. The Labute approximate surface area is 160 Å². The Morgan fingerprint density at radius 3 is 2.43 bits per heavy atom. The maximum atomic E-state index is 12.5. The van der Waals surface area contributed by atoms with Crippen LogP contribution in [0.1, 0.15) is 51.5 Å². The number of rotatable bonds is 3. The molecule has 1 amide bonds. The van der Waals surface area contributed by atoms with E-state index >= 15 is 0 Å². The summed E-state index contributed by atoms with van der Waals surface area (Å²) >= 11 is 0. The van der Waals surface area contributed by atoms with Gasteiger partial charge in [-0.15, -0.1) is 0 Å². The lowest BCUT2D eigenvalue weighted by Gasteiger charge is -2.28. The molecule has 156 valence electrons. The van der Waals surface area contributed by atoms with Crippen molar-refractivity contribution in [2.45, 2.75) is 69.1 Å². The summed E-state index contributed by atoms with van der Waals surface area (Å²) in [5, 5.41) is 0. The fraction of sp³-hybridized carbons (Fsp3) is 0.647. The van der Waals surface area contributed by atoms with Gasteiger partial charge in [-0.1, -0.05) is 6.07 Å². The number of alkyl halides is 3. The average Bonchev–Trinajstić information content (AvgIpc) is 3.10. The smallest absolute Gasteiger partial charge is 0.444 e. The number of carbonyl (C=O) groups is 1. The predicted molar refractivity (Wildman–Crippen MR) is 92.1 cm³/mol. The maximum absolute atomic E-state index is 12.5. The van der Waals surface area contributed by atoms with Gasteiger partial charge in [-0.2, -0.15) is 21.6 Å². The van der Waals surface area contributed by atoms with Crippen molar-refractivity contribution in [3.05, 3.63) is 23.9 Å². The summed E-state index contributed by atoms with van der Waals surface area (Å²) in [6, 6.07) is 2.51. The second-order valence-electron chi connectivity index (χ2n) is 7.94. The lowest BCUT2D eigenvalue weighted by molar-refractivity contribution is -0.0501. The van der Waals surface area contributed by atoms with Crippen LogP contribution in [0.3, 0.4) is 0 Å². The van der Waals surface area contributed by atoms with Gasteiger partial charge < -0.3 is 13.8 Å². The Hall–Kier alpha value is -2.04. The van der Waals surface area contributed by atoms with Crippen molar-refractivity contribution < 1.29 is 35.3 Å². The Morgan fingerprint density at radius 1 is 1.21 bits per heavy atom. The van der Waals surface area contributed by atoms with Crippen LogP contribution in [0, 0.1) is 0 Å². The highest BCUT2D eigenvalue weighted by atomic mass is 32.2. The summed E-state index contributed by atoms with van der Waals surface area (Å²) < 4.78 is 68.8. The quantitative estimate of drug-likeness (QED) is 0.547. The summed E-state index contributed by atoms with van der Waals surface area (Å²) in [6.45, 7) is 5.37. The molecule has 3 atom stereocenters. The van der Waals surface area contributed by atoms with Gasteiger partial charge in [0.25, 0.3) is 0 Å². The first-order chi connectivity index (χ1) is 12.8. The Morgan fingerprint density at radius 2 is 1.89 bits per heavy atom. The van der Waals surface area contributed by atoms with Crippen molar-refractivity contribution in [2.24, 2.45) is 0 Å². The zero-order valence-electron chi connectivity index (χ0n) is 15.6. The number of pyridine rings is 1. The highest BCUT2D eigenvalue weighted by Crippen LogP contribution is 2.47. The van der Waals surface area contributed by atoms with E-state index in [1.165, 1.54) is 12.3 Å². The molecule has 0 saturated carbocycles. The van der Waals surface area contributed by atoms with Crippen LogP contribution in [0.5, 0.6) is 5.88 Å². The van der Waals surface area contributed by atoms with E-state index in [-0.39, 0.29) is 24.1 Å². The Balaban J connectivity index is 1.73. The third kappa shape index (κ3) is 4.03. The van der Waals surface area contributed by atoms with Gasteiger partial charge in [0.05, 0.1) is 0 Å². The number of hydrogen-bond donors (Lipinski definition) is 0. The number of aromatic nitrogens is 1. The molecule has 2 bridgehead atoms. The molecule has 1 aromatic heterocycles. The van der Waals surface area contributed by atoms with Crippen LogP contribution in [0.15, 0.2) is 18.3 Å². The van der Waals surface area contributed by atoms with Gasteiger partial charge in [0.15, 0.2) is 0 Å². The van der Waals surface area contributed by atoms with E-state index in [0.717, 1.165) is 18.9 Å². The van der Waals surface area contributed by atoms with E-state index in [1.54, 1.807) is 25.7 Å². The minimum atomic E-state index is -5.76. The molecule has 2 fully saturated rings. The Bertz CT molecular complexity index is 849. The fourth-order valence-corrected chi connectivity index (χ4v) is 4.18. The monoisotopic (exact) mass is 422 g/mol. The molecule has 11 heteroatoms. The summed E-state index contributed by atoms with van der Waals surface area (Å²) in [5.41, 5.74) is -5.43. The highest BCUT2D eigenvalue weighted by Gasteiger charge is 2.51. The topological polar surface area (TPSA) is 85.8 Å². The van der Waals surface area contributed by atoms with E-state index in [2.05, 4.69) is 9.17 Å². The summed E-state index contributed by atoms with van der Waals surface area (Å²) in [6.07, 6.45) is 3.24.